The number of nitrogens with one attached hydrogen (secondary N) is 2. The Morgan fingerprint density at radius 3 is 2.71 bits per heavy atom. The molecule has 0 saturated heterocycles. The summed E-state index contributed by atoms with van der Waals surface area (Å²) in [5, 5.41) is 6.29. The lowest BCUT2D eigenvalue weighted by Crippen LogP contribution is -2.41. The van der Waals surface area contributed by atoms with Crippen molar-refractivity contribution in [1.29, 1.82) is 0 Å². The topological polar surface area (TPSA) is 84.0 Å². The van der Waals surface area contributed by atoms with Crippen LogP contribution in [0.2, 0.25) is 0 Å². The number of aromatic nitrogens is 2. The predicted molar refractivity (Wildman–Crippen MR) is 114 cm³/mol. The molecule has 2 saturated carbocycles. The Bertz CT molecular complexity index is 947. The second-order valence-corrected chi connectivity index (χ2v) is 11.6. The highest BCUT2D eigenvalue weighted by atomic mass is 32.2. The van der Waals surface area contributed by atoms with Crippen LogP contribution in [0.4, 0.5) is 5.13 Å². The summed E-state index contributed by atoms with van der Waals surface area (Å²) in [4.78, 5) is 9.10. The highest BCUT2D eigenvalue weighted by Crippen LogP contribution is 2.57. The zero-order valence-electron chi connectivity index (χ0n) is 16.6. The minimum Gasteiger partial charge on any atom is -0.358 e. The maximum Gasteiger partial charge on any atom is 0.214 e. The number of nitrogens with zero attached hydrogens (tertiary/aromatic N) is 2. The molecule has 0 aliphatic heterocycles. The van der Waals surface area contributed by atoms with Gasteiger partial charge in [0.1, 0.15) is 0 Å². The molecule has 1 atom stereocenters. The van der Waals surface area contributed by atoms with Gasteiger partial charge in [-0.3, -0.25) is 4.98 Å². The normalized spacial score (nSPS) is 27.3. The summed E-state index contributed by atoms with van der Waals surface area (Å²) in [6.45, 7) is 5.45. The summed E-state index contributed by atoms with van der Waals surface area (Å²) in [5.74, 6) is 0. The van der Waals surface area contributed by atoms with E-state index in [1.54, 1.807) is 31.4 Å². The van der Waals surface area contributed by atoms with Crippen molar-refractivity contribution in [3.8, 4) is 11.3 Å². The Kier molecular flexibility index (Phi) is 5.22. The first-order valence-corrected chi connectivity index (χ1v) is 12.4. The van der Waals surface area contributed by atoms with Crippen LogP contribution in [-0.2, 0) is 10.0 Å². The number of aryl methyl sites for hydroxylation is 1. The largest absolute Gasteiger partial charge is 0.358 e. The van der Waals surface area contributed by atoms with Crippen LogP contribution in [0.5, 0.6) is 0 Å². The van der Waals surface area contributed by atoms with Crippen molar-refractivity contribution in [3.63, 3.8) is 0 Å². The van der Waals surface area contributed by atoms with Gasteiger partial charge in [-0.25, -0.2) is 18.1 Å². The van der Waals surface area contributed by atoms with Gasteiger partial charge < -0.3 is 5.32 Å². The molecule has 4 rings (SSSR count). The van der Waals surface area contributed by atoms with Crippen LogP contribution >= 0.6 is 11.3 Å². The monoisotopic (exact) mass is 420 g/mol. The first-order chi connectivity index (χ1) is 13.3. The van der Waals surface area contributed by atoms with E-state index in [1.165, 1.54) is 0 Å². The van der Waals surface area contributed by atoms with Crippen molar-refractivity contribution < 1.29 is 8.42 Å². The molecule has 1 unspecified atom stereocenters. The molecule has 152 valence electrons. The summed E-state index contributed by atoms with van der Waals surface area (Å²) in [5.41, 5.74) is 3.36. The van der Waals surface area contributed by atoms with Crippen molar-refractivity contribution in [1.82, 2.24) is 14.7 Å². The number of rotatable bonds is 6. The average Bonchev–Trinajstić information content (AvgIpc) is 3.08. The molecular formula is C20H28N4O2S2. The van der Waals surface area contributed by atoms with E-state index in [2.05, 4.69) is 26.5 Å². The maximum absolute atomic E-state index is 12.1. The lowest BCUT2D eigenvalue weighted by molar-refractivity contribution is 0.288. The quantitative estimate of drug-likeness (QED) is 0.739. The zero-order valence-corrected chi connectivity index (χ0v) is 18.2. The molecule has 2 aliphatic carbocycles. The summed E-state index contributed by atoms with van der Waals surface area (Å²) in [6, 6.07) is 4.53. The third-order valence-electron chi connectivity index (χ3n) is 6.21. The van der Waals surface area contributed by atoms with Gasteiger partial charge in [0.05, 0.1) is 10.9 Å². The molecule has 2 aromatic rings. The first-order valence-electron chi connectivity index (χ1n) is 9.94. The van der Waals surface area contributed by atoms with E-state index < -0.39 is 10.0 Å². The molecule has 2 aliphatic rings. The predicted octanol–water partition coefficient (Wildman–Crippen LogP) is 3.95. The second-order valence-electron chi connectivity index (χ2n) is 8.42. The van der Waals surface area contributed by atoms with Crippen molar-refractivity contribution in [2.75, 3.05) is 5.32 Å². The van der Waals surface area contributed by atoms with Gasteiger partial charge in [0.25, 0.3) is 0 Å². The molecule has 2 heterocycles. The molecule has 2 fully saturated rings. The van der Waals surface area contributed by atoms with E-state index in [1.807, 2.05) is 13.0 Å². The summed E-state index contributed by atoms with van der Waals surface area (Å²) < 4.78 is 27.1. The molecule has 6 nitrogen and oxygen atoms in total. The van der Waals surface area contributed by atoms with Gasteiger partial charge in [-0.05, 0) is 70.4 Å². The van der Waals surface area contributed by atoms with Crippen LogP contribution in [-0.4, -0.2) is 35.7 Å². The van der Waals surface area contributed by atoms with Crippen LogP contribution in [0.3, 0.4) is 0 Å². The van der Waals surface area contributed by atoms with Crippen molar-refractivity contribution in [2.45, 2.75) is 70.2 Å². The van der Waals surface area contributed by atoms with Gasteiger partial charge in [-0.15, -0.1) is 11.3 Å². The molecule has 0 bridgehead atoms. The van der Waals surface area contributed by atoms with E-state index in [0.29, 0.717) is 11.5 Å². The lowest BCUT2D eigenvalue weighted by Gasteiger charge is -2.30. The van der Waals surface area contributed by atoms with Crippen molar-refractivity contribution >= 4 is 26.5 Å². The first kappa shape index (κ1) is 19.8. The van der Waals surface area contributed by atoms with E-state index in [9.17, 15) is 8.42 Å². The van der Waals surface area contributed by atoms with Crippen LogP contribution in [0.15, 0.2) is 23.7 Å². The summed E-state index contributed by atoms with van der Waals surface area (Å²) in [6.07, 6.45) is 6.92. The second kappa shape index (κ2) is 7.39. The summed E-state index contributed by atoms with van der Waals surface area (Å²) in [7, 11) is -3.18. The Morgan fingerprint density at radius 1 is 1.29 bits per heavy atom. The van der Waals surface area contributed by atoms with Gasteiger partial charge >= 0.3 is 0 Å². The fourth-order valence-electron chi connectivity index (χ4n) is 4.15. The average molecular weight is 421 g/mol. The molecule has 0 amide bonds. The van der Waals surface area contributed by atoms with Gasteiger partial charge in [0, 0.05) is 34.9 Å². The van der Waals surface area contributed by atoms with Crippen LogP contribution in [0.1, 0.15) is 51.6 Å². The Labute approximate surface area is 171 Å². The molecule has 2 N–H and O–H groups in total. The molecule has 28 heavy (non-hydrogen) atoms. The van der Waals surface area contributed by atoms with E-state index in [-0.39, 0.29) is 11.3 Å². The van der Waals surface area contributed by atoms with Crippen molar-refractivity contribution in [2.24, 2.45) is 5.41 Å². The smallest absolute Gasteiger partial charge is 0.214 e. The fraction of sp³-hybridized carbons (Fsp3) is 0.600. The van der Waals surface area contributed by atoms with Crippen LogP contribution in [0, 0.1) is 12.3 Å². The van der Waals surface area contributed by atoms with Gasteiger partial charge in [0.15, 0.2) is 5.13 Å². The zero-order chi connectivity index (χ0) is 19.9. The number of thiazole rings is 1. The third kappa shape index (κ3) is 3.95. The fourth-order valence-corrected chi connectivity index (χ4v) is 5.89. The Balaban J connectivity index is 1.33. The Morgan fingerprint density at radius 2 is 2.04 bits per heavy atom. The molecule has 8 heteroatoms. The number of pyridine rings is 1. The van der Waals surface area contributed by atoms with Gasteiger partial charge in [-0.2, -0.15) is 0 Å². The molecule has 2 aromatic heterocycles. The van der Waals surface area contributed by atoms with Gasteiger partial charge in [0.2, 0.25) is 10.0 Å². The van der Waals surface area contributed by atoms with Gasteiger partial charge in [-0.1, -0.05) is 0 Å². The van der Waals surface area contributed by atoms with Crippen molar-refractivity contribution in [3.05, 3.63) is 29.4 Å². The molecule has 1 spiro atoms. The van der Waals surface area contributed by atoms with Crippen LogP contribution < -0.4 is 10.0 Å². The number of hydrogen-bond donors (Lipinski definition) is 2. The Hall–Kier alpha value is -1.51. The molecular weight excluding hydrogens is 392 g/mol. The number of hydrogen-bond acceptors (Lipinski definition) is 6. The van der Waals surface area contributed by atoms with Crippen LogP contribution in [0.25, 0.3) is 11.3 Å². The van der Waals surface area contributed by atoms with E-state index >= 15 is 0 Å². The van der Waals surface area contributed by atoms with E-state index in [0.717, 1.165) is 54.2 Å². The highest BCUT2D eigenvalue weighted by molar-refractivity contribution is 7.90. The molecule has 0 aromatic carbocycles. The third-order valence-corrected chi connectivity index (χ3v) is 8.88. The molecule has 0 radical (unpaired) electrons. The highest BCUT2D eigenvalue weighted by Gasteiger charge is 2.55. The minimum atomic E-state index is -3.18. The lowest BCUT2D eigenvalue weighted by atomic mass is 9.83. The maximum atomic E-state index is 12.1. The number of anilines is 1. The SMILES string of the molecule is Cc1ncccc1-c1csc(NC2CC23CCC(NS(=O)(=O)C(C)C)CC3)n1. The standard InChI is InChI=1S/C20H28N4O2S2/c1-13(2)28(25,26)24-15-6-8-20(9-7-15)11-18(20)23-19-22-17(12-27-19)16-5-4-10-21-14(16)3/h4-5,10,12-13,15,18,24H,6-9,11H2,1-3H3,(H,22,23). The number of sulfonamides is 1. The minimum absolute atomic E-state index is 0.0827. The van der Waals surface area contributed by atoms with E-state index in [4.69, 9.17) is 4.98 Å². The summed E-state index contributed by atoms with van der Waals surface area (Å²) >= 11 is 1.64.